The van der Waals surface area contributed by atoms with Crippen LogP contribution < -0.4 is 10.6 Å². The molecule has 0 fully saturated rings. The van der Waals surface area contributed by atoms with Crippen LogP contribution >= 0.6 is 11.8 Å². The molecule has 1 unspecified atom stereocenters. The molecular weight excluding hydrogens is 383 g/mol. The van der Waals surface area contributed by atoms with Crippen molar-refractivity contribution in [2.75, 3.05) is 11.1 Å². The highest BCUT2D eigenvalue weighted by atomic mass is 32.2. The van der Waals surface area contributed by atoms with Gasteiger partial charge < -0.3 is 15.7 Å². The standard InChI is InChI=1S/C20H21FN2O4S/c1-2-17(20(26)27)23-19(25)14-5-3-13(4-6-14)11-28-12-18(24)22-16-9-7-15(21)8-10-16/h3-10,17H,2,11-12H2,1H3,(H,22,24)(H,23,25)(H,26,27). The third-order valence-electron chi connectivity index (χ3n) is 3.86. The molecule has 0 saturated carbocycles. The summed E-state index contributed by atoms with van der Waals surface area (Å²) in [6.07, 6.45) is 0.301. The molecule has 0 radical (unpaired) electrons. The minimum absolute atomic E-state index is 0.188. The van der Waals surface area contributed by atoms with Crippen LogP contribution in [0.5, 0.6) is 0 Å². The van der Waals surface area contributed by atoms with Gasteiger partial charge in [0.25, 0.3) is 5.91 Å². The Labute approximate surface area is 166 Å². The number of aliphatic carboxylic acids is 1. The maximum Gasteiger partial charge on any atom is 0.326 e. The van der Waals surface area contributed by atoms with Gasteiger partial charge in [-0.25, -0.2) is 9.18 Å². The van der Waals surface area contributed by atoms with Crippen LogP contribution in [0, 0.1) is 5.82 Å². The van der Waals surface area contributed by atoms with Crippen LogP contribution in [0.15, 0.2) is 48.5 Å². The van der Waals surface area contributed by atoms with Crippen LogP contribution in [0.1, 0.15) is 29.3 Å². The molecule has 0 heterocycles. The average Bonchev–Trinajstić information content (AvgIpc) is 2.68. The summed E-state index contributed by atoms with van der Waals surface area (Å²) in [5, 5.41) is 14.1. The highest BCUT2D eigenvalue weighted by Crippen LogP contribution is 2.15. The summed E-state index contributed by atoms with van der Waals surface area (Å²) in [5.41, 5.74) is 1.85. The van der Waals surface area contributed by atoms with Crippen molar-refractivity contribution >= 4 is 35.2 Å². The number of carbonyl (C=O) groups is 3. The molecular formula is C20H21FN2O4S. The molecule has 6 nitrogen and oxygen atoms in total. The molecule has 0 spiro atoms. The molecule has 3 N–H and O–H groups in total. The Morgan fingerprint density at radius 2 is 1.71 bits per heavy atom. The molecule has 8 heteroatoms. The third kappa shape index (κ3) is 6.70. The maximum absolute atomic E-state index is 12.8. The van der Waals surface area contributed by atoms with E-state index >= 15 is 0 Å². The van der Waals surface area contributed by atoms with Crippen LogP contribution in [0.25, 0.3) is 0 Å². The Balaban J connectivity index is 1.79. The maximum atomic E-state index is 12.8. The molecule has 1 atom stereocenters. The number of hydrogen-bond donors (Lipinski definition) is 3. The lowest BCUT2D eigenvalue weighted by atomic mass is 10.1. The first-order valence-electron chi connectivity index (χ1n) is 8.64. The summed E-state index contributed by atoms with van der Waals surface area (Å²) >= 11 is 1.40. The van der Waals surface area contributed by atoms with Gasteiger partial charge in [0, 0.05) is 17.0 Å². The number of halogens is 1. The number of benzene rings is 2. The Morgan fingerprint density at radius 1 is 1.07 bits per heavy atom. The second-order valence-corrected chi connectivity index (χ2v) is 7.00. The molecule has 2 rings (SSSR count). The zero-order valence-electron chi connectivity index (χ0n) is 15.3. The molecule has 2 aromatic carbocycles. The van der Waals surface area contributed by atoms with E-state index in [2.05, 4.69) is 10.6 Å². The molecule has 0 bridgehead atoms. The van der Waals surface area contributed by atoms with E-state index in [0.717, 1.165) is 5.56 Å². The van der Waals surface area contributed by atoms with Crippen molar-refractivity contribution in [1.29, 1.82) is 0 Å². The lowest BCUT2D eigenvalue weighted by Gasteiger charge is -2.12. The fourth-order valence-corrected chi connectivity index (χ4v) is 3.11. The SMILES string of the molecule is CCC(NC(=O)c1ccc(CSCC(=O)Nc2ccc(F)cc2)cc1)C(=O)O. The quantitative estimate of drug-likeness (QED) is 0.596. The predicted octanol–water partition coefficient (Wildman–Crippen LogP) is 3.29. The zero-order chi connectivity index (χ0) is 20.5. The fraction of sp³-hybridized carbons (Fsp3) is 0.250. The van der Waals surface area contributed by atoms with E-state index in [-0.39, 0.29) is 17.5 Å². The number of carboxylic acids is 1. The summed E-state index contributed by atoms with van der Waals surface area (Å²) in [6.45, 7) is 1.69. The lowest BCUT2D eigenvalue weighted by molar-refractivity contribution is -0.139. The van der Waals surface area contributed by atoms with Gasteiger partial charge >= 0.3 is 5.97 Å². The summed E-state index contributed by atoms with van der Waals surface area (Å²) in [7, 11) is 0. The lowest BCUT2D eigenvalue weighted by Crippen LogP contribution is -2.40. The van der Waals surface area contributed by atoms with Crippen molar-refractivity contribution in [3.63, 3.8) is 0 Å². The van der Waals surface area contributed by atoms with E-state index in [1.807, 2.05) is 0 Å². The molecule has 28 heavy (non-hydrogen) atoms. The molecule has 0 aliphatic rings. The van der Waals surface area contributed by atoms with Gasteiger partial charge in [-0.15, -0.1) is 11.8 Å². The van der Waals surface area contributed by atoms with Crippen molar-refractivity contribution in [3.8, 4) is 0 Å². The molecule has 0 aliphatic carbocycles. The van der Waals surface area contributed by atoms with Gasteiger partial charge in [-0.2, -0.15) is 0 Å². The number of hydrogen-bond acceptors (Lipinski definition) is 4. The smallest absolute Gasteiger partial charge is 0.326 e. The van der Waals surface area contributed by atoms with Crippen molar-refractivity contribution in [2.24, 2.45) is 0 Å². The summed E-state index contributed by atoms with van der Waals surface area (Å²) in [5.74, 6) is -1.25. The Hall–Kier alpha value is -2.87. The molecule has 2 amide bonds. The van der Waals surface area contributed by atoms with Crippen LogP contribution in [-0.4, -0.2) is 34.7 Å². The van der Waals surface area contributed by atoms with Crippen molar-refractivity contribution < 1.29 is 23.9 Å². The number of carboxylic acid groups (broad SMARTS) is 1. The van der Waals surface area contributed by atoms with Crippen LogP contribution in [0.4, 0.5) is 10.1 Å². The van der Waals surface area contributed by atoms with E-state index in [0.29, 0.717) is 23.4 Å². The predicted molar refractivity (Wildman–Crippen MR) is 107 cm³/mol. The molecule has 0 aromatic heterocycles. The normalized spacial score (nSPS) is 11.5. The second kappa shape index (κ2) is 10.5. The monoisotopic (exact) mass is 404 g/mol. The first-order valence-corrected chi connectivity index (χ1v) is 9.80. The summed E-state index contributed by atoms with van der Waals surface area (Å²) in [4.78, 5) is 35.0. The first-order chi connectivity index (χ1) is 13.4. The van der Waals surface area contributed by atoms with E-state index < -0.39 is 17.9 Å². The number of amides is 2. The Kier molecular flexibility index (Phi) is 8.01. The number of thioether (sulfide) groups is 1. The topological polar surface area (TPSA) is 95.5 Å². The van der Waals surface area contributed by atoms with E-state index in [4.69, 9.17) is 5.11 Å². The van der Waals surface area contributed by atoms with E-state index in [1.165, 1.54) is 36.0 Å². The zero-order valence-corrected chi connectivity index (χ0v) is 16.1. The van der Waals surface area contributed by atoms with Crippen LogP contribution in [-0.2, 0) is 15.3 Å². The molecule has 148 valence electrons. The van der Waals surface area contributed by atoms with Crippen LogP contribution in [0.2, 0.25) is 0 Å². The van der Waals surface area contributed by atoms with E-state index in [9.17, 15) is 18.8 Å². The number of rotatable bonds is 9. The highest BCUT2D eigenvalue weighted by molar-refractivity contribution is 7.99. The van der Waals surface area contributed by atoms with Gasteiger partial charge in [0.2, 0.25) is 5.91 Å². The van der Waals surface area contributed by atoms with Crippen molar-refractivity contribution in [3.05, 3.63) is 65.5 Å². The third-order valence-corrected chi connectivity index (χ3v) is 4.86. The van der Waals surface area contributed by atoms with Gasteiger partial charge in [0.1, 0.15) is 11.9 Å². The molecule has 0 aliphatic heterocycles. The highest BCUT2D eigenvalue weighted by Gasteiger charge is 2.18. The second-order valence-electron chi connectivity index (χ2n) is 6.02. The number of anilines is 1. The van der Waals surface area contributed by atoms with Gasteiger partial charge in [-0.3, -0.25) is 9.59 Å². The fourth-order valence-electron chi connectivity index (χ4n) is 2.32. The van der Waals surface area contributed by atoms with Gasteiger partial charge in [-0.1, -0.05) is 19.1 Å². The van der Waals surface area contributed by atoms with E-state index in [1.54, 1.807) is 31.2 Å². The largest absolute Gasteiger partial charge is 0.480 e. The molecule has 0 saturated heterocycles. The van der Waals surface area contributed by atoms with Crippen LogP contribution in [0.3, 0.4) is 0 Å². The van der Waals surface area contributed by atoms with Gasteiger partial charge in [0.05, 0.1) is 5.75 Å². The average molecular weight is 404 g/mol. The van der Waals surface area contributed by atoms with Crippen molar-refractivity contribution in [2.45, 2.75) is 25.1 Å². The number of carbonyl (C=O) groups excluding carboxylic acids is 2. The van der Waals surface area contributed by atoms with Crippen molar-refractivity contribution in [1.82, 2.24) is 5.32 Å². The Bertz CT molecular complexity index is 825. The molecule has 2 aromatic rings. The number of nitrogens with one attached hydrogen (secondary N) is 2. The minimum atomic E-state index is -1.07. The van der Waals surface area contributed by atoms with Gasteiger partial charge in [-0.05, 0) is 48.4 Å². The first kappa shape index (κ1) is 21.4. The Morgan fingerprint density at radius 3 is 2.29 bits per heavy atom. The van der Waals surface area contributed by atoms with Gasteiger partial charge in [0.15, 0.2) is 0 Å². The minimum Gasteiger partial charge on any atom is -0.480 e. The summed E-state index contributed by atoms with van der Waals surface area (Å²) in [6, 6.07) is 11.4. The summed E-state index contributed by atoms with van der Waals surface area (Å²) < 4.78 is 12.8.